The van der Waals surface area contributed by atoms with Crippen LogP contribution in [0.25, 0.3) is 0 Å². The highest BCUT2D eigenvalue weighted by atomic mass is 16.4. The highest BCUT2D eigenvalue weighted by molar-refractivity contribution is 5.86. The van der Waals surface area contributed by atoms with E-state index in [9.17, 15) is 9.59 Å². The number of nitrogens with one attached hydrogen (secondary N) is 1. The number of carbonyl (C=O) groups excluding carboxylic acids is 1. The van der Waals surface area contributed by atoms with Gasteiger partial charge in [0, 0.05) is 6.04 Å². The molecule has 1 amide bonds. The summed E-state index contributed by atoms with van der Waals surface area (Å²) in [6.45, 7) is 2.98. The molecule has 0 bridgehead atoms. The van der Waals surface area contributed by atoms with E-state index in [4.69, 9.17) is 9.52 Å². The zero-order chi connectivity index (χ0) is 13.8. The Balaban J connectivity index is 2.12. The molecule has 2 rings (SSSR count). The molecule has 104 valence electrons. The van der Waals surface area contributed by atoms with Crippen molar-refractivity contribution in [2.75, 3.05) is 6.54 Å². The lowest BCUT2D eigenvalue weighted by molar-refractivity contribution is -0.143. The highest BCUT2D eigenvalue weighted by Crippen LogP contribution is 2.16. The molecule has 2 heterocycles. The van der Waals surface area contributed by atoms with Gasteiger partial charge in [-0.2, -0.15) is 0 Å². The first kappa shape index (κ1) is 13.6. The Morgan fingerprint density at radius 1 is 1.63 bits per heavy atom. The molecule has 1 aromatic rings. The molecule has 0 saturated carbocycles. The average Bonchev–Trinajstić information content (AvgIpc) is 2.82. The van der Waals surface area contributed by atoms with Crippen molar-refractivity contribution in [2.45, 2.75) is 38.4 Å². The second-order valence-corrected chi connectivity index (χ2v) is 4.79. The van der Waals surface area contributed by atoms with Gasteiger partial charge in [-0.15, -0.1) is 0 Å². The normalized spacial score (nSPS) is 24.3. The van der Waals surface area contributed by atoms with Gasteiger partial charge in [-0.3, -0.25) is 9.59 Å². The summed E-state index contributed by atoms with van der Waals surface area (Å²) in [7, 11) is 0. The molecule has 1 fully saturated rings. The van der Waals surface area contributed by atoms with E-state index >= 15 is 0 Å². The molecule has 2 atom stereocenters. The molecule has 1 aliphatic heterocycles. The lowest BCUT2D eigenvalue weighted by atomic mass is 10.1. The molecule has 0 aromatic carbocycles. The van der Waals surface area contributed by atoms with E-state index < -0.39 is 12.0 Å². The molecule has 6 heteroatoms. The number of hydrogen-bond acceptors (Lipinski definition) is 4. The number of amides is 1. The molecule has 0 radical (unpaired) electrons. The maximum atomic E-state index is 12.4. The fourth-order valence-electron chi connectivity index (χ4n) is 2.27. The SMILES string of the molecule is CC1CCNC(CC(=O)O)C(=O)N1Cc1ccco1. The third kappa shape index (κ3) is 3.35. The van der Waals surface area contributed by atoms with Gasteiger partial charge >= 0.3 is 5.97 Å². The molecule has 1 aliphatic rings. The zero-order valence-corrected chi connectivity index (χ0v) is 10.8. The van der Waals surface area contributed by atoms with E-state index in [2.05, 4.69) is 5.32 Å². The molecule has 1 saturated heterocycles. The average molecular weight is 266 g/mol. The third-order valence-corrected chi connectivity index (χ3v) is 3.35. The zero-order valence-electron chi connectivity index (χ0n) is 10.8. The minimum absolute atomic E-state index is 0.0592. The van der Waals surface area contributed by atoms with Gasteiger partial charge in [0.15, 0.2) is 0 Å². The largest absolute Gasteiger partial charge is 0.481 e. The van der Waals surface area contributed by atoms with Crippen LogP contribution >= 0.6 is 0 Å². The van der Waals surface area contributed by atoms with Crippen molar-refractivity contribution in [3.8, 4) is 0 Å². The van der Waals surface area contributed by atoms with Crippen LogP contribution in [-0.4, -0.2) is 40.5 Å². The van der Waals surface area contributed by atoms with Crippen molar-refractivity contribution in [1.82, 2.24) is 10.2 Å². The smallest absolute Gasteiger partial charge is 0.305 e. The molecule has 1 aromatic heterocycles. The van der Waals surface area contributed by atoms with E-state index in [-0.39, 0.29) is 18.4 Å². The summed E-state index contributed by atoms with van der Waals surface area (Å²) in [6, 6.07) is 2.99. The predicted octanol–water partition coefficient (Wildman–Crippen LogP) is 0.833. The Bertz CT molecular complexity index is 444. The first-order valence-corrected chi connectivity index (χ1v) is 6.36. The van der Waals surface area contributed by atoms with Crippen LogP contribution in [0.5, 0.6) is 0 Å². The number of hydrogen-bond donors (Lipinski definition) is 2. The minimum Gasteiger partial charge on any atom is -0.481 e. The molecule has 0 spiro atoms. The van der Waals surface area contributed by atoms with Crippen molar-refractivity contribution >= 4 is 11.9 Å². The monoisotopic (exact) mass is 266 g/mol. The van der Waals surface area contributed by atoms with E-state index in [1.54, 1.807) is 17.2 Å². The Kier molecular flexibility index (Phi) is 4.21. The second kappa shape index (κ2) is 5.88. The van der Waals surface area contributed by atoms with Gasteiger partial charge in [-0.05, 0) is 32.0 Å². The van der Waals surface area contributed by atoms with Crippen LogP contribution in [0, 0.1) is 0 Å². The Morgan fingerprint density at radius 3 is 3.05 bits per heavy atom. The van der Waals surface area contributed by atoms with Crippen molar-refractivity contribution in [2.24, 2.45) is 0 Å². The number of aliphatic carboxylic acids is 1. The molecular formula is C13H18N2O4. The van der Waals surface area contributed by atoms with Crippen LogP contribution in [0.3, 0.4) is 0 Å². The summed E-state index contributed by atoms with van der Waals surface area (Å²) < 4.78 is 5.26. The number of carbonyl (C=O) groups is 2. The number of furan rings is 1. The topological polar surface area (TPSA) is 82.8 Å². The van der Waals surface area contributed by atoms with Crippen molar-refractivity contribution < 1.29 is 19.1 Å². The van der Waals surface area contributed by atoms with E-state index in [0.29, 0.717) is 18.8 Å². The molecule has 2 N–H and O–H groups in total. The van der Waals surface area contributed by atoms with Gasteiger partial charge < -0.3 is 19.7 Å². The van der Waals surface area contributed by atoms with E-state index in [1.165, 1.54) is 0 Å². The molecule has 6 nitrogen and oxygen atoms in total. The van der Waals surface area contributed by atoms with Gasteiger partial charge in [-0.1, -0.05) is 0 Å². The number of carboxylic acids is 1. The maximum Gasteiger partial charge on any atom is 0.305 e. The fourth-order valence-corrected chi connectivity index (χ4v) is 2.27. The van der Waals surface area contributed by atoms with Crippen LogP contribution in [0.1, 0.15) is 25.5 Å². The van der Waals surface area contributed by atoms with Gasteiger partial charge in [0.2, 0.25) is 5.91 Å². The summed E-state index contributed by atoms with van der Waals surface area (Å²) in [5.74, 6) is -0.446. The minimum atomic E-state index is -0.974. The van der Waals surface area contributed by atoms with Gasteiger partial charge in [0.1, 0.15) is 5.76 Å². The van der Waals surface area contributed by atoms with E-state index in [0.717, 1.165) is 6.42 Å². The van der Waals surface area contributed by atoms with Crippen molar-refractivity contribution in [3.63, 3.8) is 0 Å². The van der Waals surface area contributed by atoms with Crippen LogP contribution in [0.15, 0.2) is 22.8 Å². The summed E-state index contributed by atoms with van der Waals surface area (Å²) in [5.41, 5.74) is 0. The Hall–Kier alpha value is -1.82. The number of carboxylic acid groups (broad SMARTS) is 1. The van der Waals surface area contributed by atoms with Crippen molar-refractivity contribution in [1.29, 1.82) is 0 Å². The summed E-state index contributed by atoms with van der Waals surface area (Å²) in [4.78, 5) is 24.9. The standard InChI is InChI=1S/C13H18N2O4/c1-9-4-5-14-11(7-12(16)17)13(18)15(9)8-10-3-2-6-19-10/h2-3,6,9,11,14H,4-5,7-8H2,1H3,(H,16,17). The first-order chi connectivity index (χ1) is 9.08. The first-order valence-electron chi connectivity index (χ1n) is 6.36. The highest BCUT2D eigenvalue weighted by Gasteiger charge is 2.32. The van der Waals surface area contributed by atoms with E-state index in [1.807, 2.05) is 13.0 Å². The summed E-state index contributed by atoms with van der Waals surface area (Å²) in [5, 5.41) is 11.9. The van der Waals surface area contributed by atoms with Crippen LogP contribution in [-0.2, 0) is 16.1 Å². The number of nitrogens with zero attached hydrogens (tertiary/aromatic N) is 1. The number of rotatable bonds is 4. The Morgan fingerprint density at radius 2 is 2.42 bits per heavy atom. The fraction of sp³-hybridized carbons (Fsp3) is 0.538. The predicted molar refractivity (Wildman–Crippen MR) is 67.4 cm³/mol. The lowest BCUT2D eigenvalue weighted by Gasteiger charge is -2.28. The molecule has 0 aliphatic carbocycles. The lowest BCUT2D eigenvalue weighted by Crippen LogP contribution is -2.46. The molecule has 19 heavy (non-hydrogen) atoms. The second-order valence-electron chi connectivity index (χ2n) is 4.79. The van der Waals surface area contributed by atoms with Crippen LogP contribution in [0.2, 0.25) is 0 Å². The summed E-state index contributed by atoms with van der Waals surface area (Å²) >= 11 is 0. The summed E-state index contributed by atoms with van der Waals surface area (Å²) in [6.07, 6.45) is 2.16. The van der Waals surface area contributed by atoms with Gasteiger partial charge in [-0.25, -0.2) is 0 Å². The molecular weight excluding hydrogens is 248 g/mol. The van der Waals surface area contributed by atoms with Gasteiger partial charge in [0.05, 0.1) is 25.3 Å². The molecule has 2 unspecified atom stereocenters. The van der Waals surface area contributed by atoms with Gasteiger partial charge in [0.25, 0.3) is 0 Å². The van der Waals surface area contributed by atoms with Crippen LogP contribution in [0.4, 0.5) is 0 Å². The third-order valence-electron chi connectivity index (χ3n) is 3.35. The van der Waals surface area contributed by atoms with Crippen LogP contribution < -0.4 is 5.32 Å². The quantitative estimate of drug-likeness (QED) is 0.843. The maximum absolute atomic E-state index is 12.4. The Labute approximate surface area is 111 Å². The van der Waals surface area contributed by atoms with Crippen molar-refractivity contribution in [3.05, 3.63) is 24.2 Å².